The van der Waals surface area contributed by atoms with Crippen LogP contribution in [0.15, 0.2) is 33.7 Å². The number of carbonyl (C=O) groups is 2. The topological polar surface area (TPSA) is 70.6 Å². The number of rotatable bonds is 3. The molecule has 0 unspecified atom stereocenters. The van der Waals surface area contributed by atoms with Gasteiger partial charge in [-0.05, 0) is 24.3 Å². The molecule has 0 atom stereocenters. The van der Waals surface area contributed by atoms with E-state index in [1.807, 2.05) is 12.1 Å². The zero-order valence-electron chi connectivity index (χ0n) is 10.4. The number of benzene rings is 1. The molecule has 1 aliphatic rings. The normalized spacial score (nSPS) is 13.8. The molecule has 0 saturated heterocycles. The molecule has 1 heterocycles. The Morgan fingerprint density at radius 1 is 1.35 bits per heavy atom. The Morgan fingerprint density at radius 3 is 2.75 bits per heavy atom. The van der Waals surface area contributed by atoms with Gasteiger partial charge in [-0.2, -0.15) is 0 Å². The van der Waals surface area contributed by atoms with Crippen LogP contribution in [-0.4, -0.2) is 34.4 Å². The van der Waals surface area contributed by atoms with Crippen LogP contribution in [0, 0.1) is 0 Å². The molecule has 5 nitrogen and oxygen atoms in total. The minimum atomic E-state index is -0.529. The Balaban J connectivity index is 1.73. The minimum Gasteiger partial charge on any atom is -0.308 e. The molecule has 0 bridgehead atoms. The summed E-state index contributed by atoms with van der Waals surface area (Å²) in [7, 11) is 0. The van der Waals surface area contributed by atoms with Gasteiger partial charge in [-0.15, -0.1) is 0 Å². The largest absolute Gasteiger partial charge is 0.325 e. The molecule has 3 amide bonds. The van der Waals surface area contributed by atoms with E-state index in [1.165, 1.54) is 11.8 Å². The molecule has 0 saturated carbocycles. The molecule has 0 aliphatic carbocycles. The number of anilines is 1. The van der Waals surface area contributed by atoms with E-state index in [4.69, 9.17) is 0 Å². The molecule has 1 aliphatic heterocycles. The van der Waals surface area contributed by atoms with Crippen LogP contribution in [0.5, 0.6) is 0 Å². The zero-order chi connectivity index (χ0) is 14.4. The third-order valence-electron chi connectivity index (χ3n) is 2.24. The summed E-state index contributed by atoms with van der Waals surface area (Å²) in [5.74, 6) is 0.827. The van der Waals surface area contributed by atoms with Crippen molar-refractivity contribution in [3.63, 3.8) is 0 Å². The lowest BCUT2D eigenvalue weighted by molar-refractivity contribution is -0.117. The Morgan fingerprint density at radius 2 is 2.10 bits per heavy atom. The van der Waals surface area contributed by atoms with E-state index in [-0.39, 0.29) is 11.7 Å². The van der Waals surface area contributed by atoms with E-state index in [1.54, 1.807) is 23.9 Å². The van der Waals surface area contributed by atoms with Crippen LogP contribution in [0.1, 0.15) is 0 Å². The average molecular weight is 374 g/mol. The summed E-state index contributed by atoms with van der Waals surface area (Å²) in [6, 6.07) is 6.57. The van der Waals surface area contributed by atoms with Gasteiger partial charge in [0.1, 0.15) is 4.38 Å². The predicted molar refractivity (Wildman–Crippen MR) is 88.5 cm³/mol. The highest BCUT2D eigenvalue weighted by atomic mass is 79.9. The van der Waals surface area contributed by atoms with Gasteiger partial charge in [0.2, 0.25) is 5.91 Å². The van der Waals surface area contributed by atoms with Gasteiger partial charge in [0.25, 0.3) is 0 Å². The second-order valence-corrected chi connectivity index (χ2v) is 7.02. The van der Waals surface area contributed by atoms with Crippen molar-refractivity contribution in [2.24, 2.45) is 4.99 Å². The number of nitrogens with one attached hydrogen (secondary N) is 2. The first-order chi connectivity index (χ1) is 9.63. The summed E-state index contributed by atoms with van der Waals surface area (Å²) in [6.45, 7) is 0.804. The van der Waals surface area contributed by atoms with Crippen molar-refractivity contribution >= 4 is 61.5 Å². The average Bonchev–Trinajstić information content (AvgIpc) is 2.92. The highest BCUT2D eigenvalue weighted by molar-refractivity contribution is 9.10. The maximum atomic E-state index is 11.6. The summed E-state index contributed by atoms with van der Waals surface area (Å²) < 4.78 is 1.83. The highest BCUT2D eigenvalue weighted by Crippen LogP contribution is 2.21. The first-order valence-electron chi connectivity index (χ1n) is 5.80. The number of hydrogen-bond donors (Lipinski definition) is 2. The summed E-state index contributed by atoms with van der Waals surface area (Å²) in [5, 5.41) is 4.87. The molecule has 2 rings (SSSR count). The van der Waals surface area contributed by atoms with Crippen molar-refractivity contribution in [3.8, 4) is 0 Å². The monoisotopic (exact) mass is 373 g/mol. The van der Waals surface area contributed by atoms with E-state index in [0.29, 0.717) is 5.69 Å². The van der Waals surface area contributed by atoms with Crippen molar-refractivity contribution in [1.82, 2.24) is 5.32 Å². The number of hydrogen-bond acceptors (Lipinski definition) is 5. The number of urea groups is 1. The maximum Gasteiger partial charge on any atom is 0.325 e. The Bertz CT molecular complexity index is 534. The van der Waals surface area contributed by atoms with Gasteiger partial charge >= 0.3 is 6.03 Å². The molecule has 1 aromatic rings. The van der Waals surface area contributed by atoms with Crippen LogP contribution in [0.25, 0.3) is 0 Å². The van der Waals surface area contributed by atoms with Crippen molar-refractivity contribution in [2.45, 2.75) is 0 Å². The van der Waals surface area contributed by atoms with E-state index < -0.39 is 6.03 Å². The number of imide groups is 1. The van der Waals surface area contributed by atoms with Gasteiger partial charge in [0.05, 0.1) is 12.3 Å². The van der Waals surface area contributed by atoms with Crippen molar-refractivity contribution in [3.05, 3.63) is 28.7 Å². The molecule has 8 heteroatoms. The van der Waals surface area contributed by atoms with Crippen LogP contribution in [-0.2, 0) is 4.79 Å². The second-order valence-electron chi connectivity index (χ2n) is 3.79. The Labute approximate surface area is 133 Å². The molecule has 0 fully saturated rings. The minimum absolute atomic E-state index is 0.194. The van der Waals surface area contributed by atoms with E-state index in [0.717, 1.165) is 21.1 Å². The van der Waals surface area contributed by atoms with Gasteiger partial charge in [0, 0.05) is 15.9 Å². The van der Waals surface area contributed by atoms with Crippen LogP contribution < -0.4 is 10.6 Å². The lowest BCUT2D eigenvalue weighted by atomic mass is 10.3. The smallest absolute Gasteiger partial charge is 0.308 e. The fourth-order valence-corrected chi connectivity index (χ4v) is 3.46. The number of carbonyl (C=O) groups excluding carboxylic acids is 2. The summed E-state index contributed by atoms with van der Waals surface area (Å²) in [5.41, 5.74) is 0.627. The van der Waals surface area contributed by atoms with Gasteiger partial charge in [-0.25, -0.2) is 4.79 Å². The van der Waals surface area contributed by atoms with Crippen LogP contribution in [0.2, 0.25) is 0 Å². The van der Waals surface area contributed by atoms with Gasteiger partial charge in [0.15, 0.2) is 0 Å². The third kappa shape index (κ3) is 5.18. The fraction of sp³-hybridized carbons (Fsp3) is 0.250. The molecule has 20 heavy (non-hydrogen) atoms. The SMILES string of the molecule is O=C(CSC1=NCCS1)NC(=O)Nc1ccc(Br)cc1. The molecular formula is C12H12BrN3O2S2. The van der Waals surface area contributed by atoms with Crippen LogP contribution in [0.3, 0.4) is 0 Å². The molecule has 1 aromatic carbocycles. The van der Waals surface area contributed by atoms with E-state index in [9.17, 15) is 9.59 Å². The quantitative estimate of drug-likeness (QED) is 0.854. The van der Waals surface area contributed by atoms with E-state index in [2.05, 4.69) is 31.6 Å². The van der Waals surface area contributed by atoms with Gasteiger partial charge in [-0.3, -0.25) is 15.1 Å². The second kappa shape index (κ2) is 7.70. The van der Waals surface area contributed by atoms with Crippen molar-refractivity contribution in [2.75, 3.05) is 23.4 Å². The number of nitrogens with zero attached hydrogens (tertiary/aromatic N) is 1. The van der Waals surface area contributed by atoms with Crippen molar-refractivity contribution in [1.29, 1.82) is 0 Å². The molecule has 106 valence electrons. The number of halogens is 1. The van der Waals surface area contributed by atoms with Crippen molar-refractivity contribution < 1.29 is 9.59 Å². The Hall–Kier alpha value is -0.990. The predicted octanol–water partition coefficient (Wildman–Crippen LogP) is 2.93. The summed E-state index contributed by atoms with van der Waals surface area (Å²) >= 11 is 6.30. The first kappa shape index (κ1) is 15.4. The number of aliphatic imine (C=N–C) groups is 1. The zero-order valence-corrected chi connectivity index (χ0v) is 13.6. The maximum absolute atomic E-state index is 11.6. The fourth-order valence-electron chi connectivity index (χ4n) is 1.39. The van der Waals surface area contributed by atoms with E-state index >= 15 is 0 Å². The number of thioether (sulfide) groups is 2. The van der Waals surface area contributed by atoms with Gasteiger partial charge in [-0.1, -0.05) is 39.5 Å². The number of amides is 3. The molecule has 0 radical (unpaired) electrons. The summed E-state index contributed by atoms with van der Waals surface area (Å²) in [4.78, 5) is 27.4. The molecule has 2 N–H and O–H groups in total. The van der Waals surface area contributed by atoms with Gasteiger partial charge < -0.3 is 5.32 Å². The lowest BCUT2D eigenvalue weighted by Crippen LogP contribution is -2.35. The molecule has 0 spiro atoms. The first-order valence-corrected chi connectivity index (χ1v) is 8.56. The van der Waals surface area contributed by atoms with Crippen LogP contribution in [0.4, 0.5) is 10.5 Å². The van der Waals surface area contributed by atoms with Crippen LogP contribution >= 0.6 is 39.5 Å². The molecule has 0 aromatic heterocycles. The summed E-state index contributed by atoms with van der Waals surface area (Å²) in [6.07, 6.45) is 0. The highest BCUT2D eigenvalue weighted by Gasteiger charge is 2.12. The third-order valence-corrected chi connectivity index (χ3v) is 5.02. The molecular weight excluding hydrogens is 362 g/mol. The Kier molecular flexibility index (Phi) is 5.93. The standard InChI is InChI=1S/C12H12BrN3O2S2/c13-8-1-3-9(4-2-8)15-11(18)16-10(17)7-20-12-14-5-6-19-12/h1-4H,5-7H2,(H2,15,16,17,18). The lowest BCUT2D eigenvalue weighted by Gasteiger charge is -2.06.